The highest BCUT2D eigenvalue weighted by Crippen LogP contribution is 2.22. The van der Waals surface area contributed by atoms with E-state index in [0.717, 1.165) is 37.9 Å². The lowest BCUT2D eigenvalue weighted by atomic mass is 9.91. The van der Waals surface area contributed by atoms with Gasteiger partial charge in [-0.25, -0.2) is 0 Å². The van der Waals surface area contributed by atoms with Gasteiger partial charge in [0.05, 0.1) is 11.5 Å². The fourth-order valence-corrected chi connectivity index (χ4v) is 2.71. The molecule has 1 saturated heterocycles. The van der Waals surface area contributed by atoms with E-state index < -0.39 is 0 Å². The fourth-order valence-electron chi connectivity index (χ4n) is 2.71. The number of amides is 1. The van der Waals surface area contributed by atoms with Crippen molar-refractivity contribution in [1.82, 2.24) is 10.6 Å². The molecule has 118 valence electrons. The lowest BCUT2D eigenvalue weighted by molar-refractivity contribution is -0.127. The summed E-state index contributed by atoms with van der Waals surface area (Å²) in [5.41, 5.74) is 2.17. The molecule has 1 aliphatic heterocycles. The van der Waals surface area contributed by atoms with Crippen LogP contribution in [-0.2, 0) is 16.8 Å². The van der Waals surface area contributed by atoms with Crippen molar-refractivity contribution in [2.24, 2.45) is 5.92 Å². The van der Waals surface area contributed by atoms with Gasteiger partial charge in [0.15, 0.2) is 0 Å². The Kier molecular flexibility index (Phi) is 6.69. The van der Waals surface area contributed by atoms with Crippen molar-refractivity contribution in [1.29, 1.82) is 0 Å². The van der Waals surface area contributed by atoms with Gasteiger partial charge in [-0.2, -0.15) is 0 Å². The molecule has 21 heavy (non-hydrogen) atoms. The maximum absolute atomic E-state index is 12.4. The predicted molar refractivity (Wildman–Crippen MR) is 89.8 cm³/mol. The third-order valence-corrected chi connectivity index (χ3v) is 4.19. The molecule has 1 aromatic rings. The predicted octanol–water partition coefficient (Wildman–Crippen LogP) is 3.02. The zero-order valence-corrected chi connectivity index (χ0v) is 14.1. The van der Waals surface area contributed by atoms with Gasteiger partial charge >= 0.3 is 0 Å². The van der Waals surface area contributed by atoms with E-state index in [9.17, 15) is 4.79 Å². The van der Waals surface area contributed by atoms with Crippen LogP contribution in [0.1, 0.15) is 44.7 Å². The molecular weight excluding hydrogens is 284 g/mol. The summed E-state index contributed by atoms with van der Waals surface area (Å²) in [5, 5.41) is 6.50. The van der Waals surface area contributed by atoms with E-state index in [0.29, 0.717) is 0 Å². The third-order valence-electron chi connectivity index (χ3n) is 4.19. The zero-order chi connectivity index (χ0) is 14.6. The van der Waals surface area contributed by atoms with E-state index in [1.165, 1.54) is 5.56 Å². The van der Waals surface area contributed by atoms with E-state index in [1.54, 1.807) is 0 Å². The third kappa shape index (κ3) is 4.72. The molecular formula is C17H27ClN2O. The van der Waals surface area contributed by atoms with Crippen LogP contribution in [0.3, 0.4) is 0 Å². The van der Waals surface area contributed by atoms with Crippen LogP contribution in [0, 0.1) is 5.92 Å². The van der Waals surface area contributed by atoms with Crippen molar-refractivity contribution in [2.75, 3.05) is 13.1 Å². The molecule has 0 aliphatic carbocycles. The first-order valence-electron chi connectivity index (χ1n) is 7.65. The summed E-state index contributed by atoms with van der Waals surface area (Å²) in [7, 11) is 0. The van der Waals surface area contributed by atoms with Gasteiger partial charge < -0.3 is 10.6 Å². The SMILES string of the molecule is CCc1ccc(C(C)(C)NC(=O)C2CCCNC2)cc1.Cl. The minimum Gasteiger partial charge on any atom is -0.347 e. The number of hydrogen-bond donors (Lipinski definition) is 2. The minimum atomic E-state index is -0.319. The van der Waals surface area contributed by atoms with Crippen LogP contribution in [0.2, 0.25) is 0 Å². The molecule has 2 rings (SSSR count). The van der Waals surface area contributed by atoms with Crippen LogP contribution in [0.15, 0.2) is 24.3 Å². The second-order valence-electron chi connectivity index (χ2n) is 6.21. The number of carbonyl (C=O) groups is 1. The maximum atomic E-state index is 12.4. The van der Waals surface area contributed by atoms with E-state index in [-0.39, 0.29) is 29.8 Å². The summed E-state index contributed by atoms with van der Waals surface area (Å²) >= 11 is 0. The molecule has 1 atom stereocenters. The number of nitrogens with one attached hydrogen (secondary N) is 2. The summed E-state index contributed by atoms with van der Waals surface area (Å²) in [6.07, 6.45) is 3.12. The van der Waals surface area contributed by atoms with Gasteiger partial charge in [-0.05, 0) is 50.8 Å². The van der Waals surface area contributed by atoms with Crippen molar-refractivity contribution >= 4 is 18.3 Å². The average Bonchev–Trinajstić information content (AvgIpc) is 2.48. The van der Waals surface area contributed by atoms with Crippen molar-refractivity contribution in [3.05, 3.63) is 35.4 Å². The quantitative estimate of drug-likeness (QED) is 0.897. The Hall–Kier alpha value is -1.06. The van der Waals surface area contributed by atoms with Crippen molar-refractivity contribution in [3.63, 3.8) is 0 Å². The average molecular weight is 311 g/mol. The number of aryl methyl sites for hydroxylation is 1. The lowest BCUT2D eigenvalue weighted by Crippen LogP contribution is -2.47. The van der Waals surface area contributed by atoms with Gasteiger partial charge in [0, 0.05) is 6.54 Å². The van der Waals surface area contributed by atoms with Gasteiger partial charge in [-0.15, -0.1) is 12.4 Å². The second kappa shape index (κ2) is 7.81. The van der Waals surface area contributed by atoms with Crippen molar-refractivity contribution in [3.8, 4) is 0 Å². The number of rotatable bonds is 4. The van der Waals surface area contributed by atoms with Crippen LogP contribution in [0.25, 0.3) is 0 Å². The smallest absolute Gasteiger partial charge is 0.225 e. The summed E-state index contributed by atoms with van der Waals surface area (Å²) in [5.74, 6) is 0.278. The summed E-state index contributed by atoms with van der Waals surface area (Å²) < 4.78 is 0. The van der Waals surface area contributed by atoms with Crippen LogP contribution in [-0.4, -0.2) is 19.0 Å². The van der Waals surface area contributed by atoms with Gasteiger partial charge in [-0.1, -0.05) is 31.2 Å². The number of benzene rings is 1. The highest BCUT2D eigenvalue weighted by molar-refractivity contribution is 5.85. The van der Waals surface area contributed by atoms with Gasteiger partial charge in [-0.3, -0.25) is 4.79 Å². The highest BCUT2D eigenvalue weighted by Gasteiger charge is 2.28. The number of halogens is 1. The standard InChI is InChI=1S/C17H26N2O.ClH/c1-4-13-7-9-15(10-8-13)17(2,3)19-16(20)14-6-5-11-18-12-14;/h7-10,14,18H,4-6,11-12H2,1-3H3,(H,19,20);1H. The Balaban J connectivity index is 0.00000220. The maximum Gasteiger partial charge on any atom is 0.225 e. The first kappa shape index (κ1) is 18.0. The molecule has 0 bridgehead atoms. The first-order valence-corrected chi connectivity index (χ1v) is 7.65. The van der Waals surface area contributed by atoms with Crippen LogP contribution < -0.4 is 10.6 Å². The molecule has 4 heteroatoms. The molecule has 1 fully saturated rings. The van der Waals surface area contributed by atoms with E-state index in [4.69, 9.17) is 0 Å². The highest BCUT2D eigenvalue weighted by atomic mass is 35.5. The zero-order valence-electron chi connectivity index (χ0n) is 13.2. The molecule has 1 unspecified atom stereocenters. The minimum absolute atomic E-state index is 0. The van der Waals surface area contributed by atoms with Gasteiger partial charge in [0.25, 0.3) is 0 Å². The largest absolute Gasteiger partial charge is 0.347 e. The van der Waals surface area contributed by atoms with Crippen LogP contribution in [0.5, 0.6) is 0 Å². The Bertz CT molecular complexity index is 450. The molecule has 0 aromatic heterocycles. The van der Waals surface area contributed by atoms with Gasteiger partial charge in [0.2, 0.25) is 5.91 Å². The molecule has 0 radical (unpaired) electrons. The summed E-state index contributed by atoms with van der Waals surface area (Å²) in [4.78, 5) is 12.4. The Labute approximate surface area is 134 Å². The molecule has 2 N–H and O–H groups in total. The normalized spacial score (nSPS) is 18.7. The summed E-state index contributed by atoms with van der Waals surface area (Å²) in [6, 6.07) is 8.53. The molecule has 1 amide bonds. The monoisotopic (exact) mass is 310 g/mol. The summed E-state index contributed by atoms with van der Waals surface area (Å²) in [6.45, 7) is 8.13. The molecule has 0 spiro atoms. The van der Waals surface area contributed by atoms with Crippen LogP contribution in [0.4, 0.5) is 0 Å². The molecule has 1 aliphatic rings. The van der Waals surface area contributed by atoms with Gasteiger partial charge in [0.1, 0.15) is 0 Å². The second-order valence-corrected chi connectivity index (χ2v) is 6.21. The first-order chi connectivity index (χ1) is 9.53. The topological polar surface area (TPSA) is 41.1 Å². The van der Waals surface area contributed by atoms with E-state index in [2.05, 4.69) is 55.7 Å². The van der Waals surface area contributed by atoms with Crippen molar-refractivity contribution < 1.29 is 4.79 Å². The Morgan fingerprint density at radius 1 is 1.33 bits per heavy atom. The van der Waals surface area contributed by atoms with E-state index >= 15 is 0 Å². The Morgan fingerprint density at radius 2 is 2.00 bits per heavy atom. The molecule has 0 saturated carbocycles. The van der Waals surface area contributed by atoms with Crippen molar-refractivity contribution in [2.45, 2.75) is 45.6 Å². The molecule has 1 heterocycles. The lowest BCUT2D eigenvalue weighted by Gasteiger charge is -2.31. The number of piperidine rings is 1. The molecule has 3 nitrogen and oxygen atoms in total. The van der Waals surface area contributed by atoms with Crippen LogP contribution >= 0.6 is 12.4 Å². The fraction of sp³-hybridized carbons (Fsp3) is 0.588. The number of carbonyl (C=O) groups excluding carboxylic acids is 1. The Morgan fingerprint density at radius 3 is 2.52 bits per heavy atom. The van der Waals surface area contributed by atoms with E-state index in [1.807, 2.05) is 0 Å². The molecule has 1 aromatic carbocycles. The number of hydrogen-bond acceptors (Lipinski definition) is 2.